The second-order valence-electron chi connectivity index (χ2n) is 6.82. The van der Waals surface area contributed by atoms with Crippen molar-refractivity contribution in [3.05, 3.63) is 59.7 Å². The van der Waals surface area contributed by atoms with E-state index in [0.29, 0.717) is 12.2 Å². The molecule has 0 fully saturated rings. The van der Waals surface area contributed by atoms with E-state index in [0.717, 1.165) is 5.56 Å². The molecule has 138 valence electrons. The number of nitrogen functional groups attached to an aromatic ring is 1. The zero-order valence-corrected chi connectivity index (χ0v) is 15.5. The van der Waals surface area contributed by atoms with Gasteiger partial charge < -0.3 is 15.2 Å². The molecule has 2 rings (SSSR count). The van der Waals surface area contributed by atoms with Crippen LogP contribution in [0.5, 0.6) is 0 Å². The monoisotopic (exact) mass is 356 g/mol. The van der Waals surface area contributed by atoms with Crippen LogP contribution in [-0.2, 0) is 16.0 Å². The largest absolute Gasteiger partial charge is 0.465 e. The molecular formula is C20H24N2O4. The number of nitrogens with two attached hydrogens (primary N) is 1. The molecule has 0 unspecified atom stereocenters. The molecule has 2 N–H and O–H groups in total. The highest BCUT2D eigenvalue weighted by Gasteiger charge is 2.24. The molecule has 6 nitrogen and oxygen atoms in total. The van der Waals surface area contributed by atoms with Crippen molar-refractivity contribution in [2.24, 2.45) is 0 Å². The highest BCUT2D eigenvalue weighted by atomic mass is 16.6. The van der Waals surface area contributed by atoms with E-state index in [1.54, 1.807) is 39.0 Å². The standard InChI is InChI=1S/C20H24N2O4/c1-20(2,3)26-19(24)22(13-14-8-6-5-7-9-14)15-10-11-16(17(21)12-15)18(23)25-4/h5-12H,13,21H2,1-4H3. The number of esters is 1. The Hall–Kier alpha value is -3.02. The third-order valence-corrected chi connectivity index (χ3v) is 3.55. The molecule has 6 heteroatoms. The van der Waals surface area contributed by atoms with E-state index in [1.807, 2.05) is 30.3 Å². The number of hydrogen-bond acceptors (Lipinski definition) is 5. The van der Waals surface area contributed by atoms with Gasteiger partial charge in [0.2, 0.25) is 0 Å². The first kappa shape index (κ1) is 19.3. The van der Waals surface area contributed by atoms with Crippen molar-refractivity contribution in [1.29, 1.82) is 0 Å². The highest BCUT2D eigenvalue weighted by molar-refractivity contribution is 5.97. The Morgan fingerprint density at radius 1 is 1.08 bits per heavy atom. The number of rotatable bonds is 4. The van der Waals surface area contributed by atoms with E-state index in [9.17, 15) is 9.59 Å². The number of benzene rings is 2. The lowest BCUT2D eigenvalue weighted by atomic mass is 10.1. The van der Waals surface area contributed by atoms with Gasteiger partial charge in [0, 0.05) is 11.4 Å². The van der Waals surface area contributed by atoms with E-state index >= 15 is 0 Å². The van der Waals surface area contributed by atoms with Crippen LogP contribution in [-0.4, -0.2) is 24.8 Å². The summed E-state index contributed by atoms with van der Waals surface area (Å²) in [4.78, 5) is 25.9. The van der Waals surface area contributed by atoms with E-state index < -0.39 is 17.7 Å². The highest BCUT2D eigenvalue weighted by Crippen LogP contribution is 2.25. The van der Waals surface area contributed by atoms with Gasteiger partial charge in [-0.2, -0.15) is 0 Å². The minimum absolute atomic E-state index is 0.232. The van der Waals surface area contributed by atoms with E-state index in [4.69, 9.17) is 15.2 Å². The van der Waals surface area contributed by atoms with Crippen LogP contribution in [0.2, 0.25) is 0 Å². The third-order valence-electron chi connectivity index (χ3n) is 3.55. The van der Waals surface area contributed by atoms with Crippen LogP contribution in [0.4, 0.5) is 16.2 Å². The van der Waals surface area contributed by atoms with E-state index in [2.05, 4.69) is 0 Å². The van der Waals surface area contributed by atoms with Gasteiger partial charge in [0.05, 0.1) is 19.2 Å². The number of methoxy groups -OCH3 is 1. The van der Waals surface area contributed by atoms with Gasteiger partial charge in [-0.15, -0.1) is 0 Å². The van der Waals surface area contributed by atoms with Crippen LogP contribution in [0.25, 0.3) is 0 Å². The van der Waals surface area contributed by atoms with Crippen LogP contribution in [0.3, 0.4) is 0 Å². The Labute approximate surface area is 153 Å². The SMILES string of the molecule is COC(=O)c1ccc(N(Cc2ccccc2)C(=O)OC(C)(C)C)cc1N. The molecule has 2 aromatic rings. The number of hydrogen-bond donors (Lipinski definition) is 1. The quantitative estimate of drug-likeness (QED) is 0.661. The number of anilines is 2. The summed E-state index contributed by atoms with van der Waals surface area (Å²) in [6, 6.07) is 14.3. The van der Waals surface area contributed by atoms with Crippen molar-refractivity contribution in [3.63, 3.8) is 0 Å². The molecule has 26 heavy (non-hydrogen) atoms. The zero-order chi connectivity index (χ0) is 19.3. The molecule has 0 radical (unpaired) electrons. The maximum atomic E-state index is 12.7. The summed E-state index contributed by atoms with van der Waals surface area (Å²) in [6.45, 7) is 5.73. The average Bonchev–Trinajstić information content (AvgIpc) is 2.58. The lowest BCUT2D eigenvalue weighted by Gasteiger charge is -2.28. The van der Waals surface area contributed by atoms with Gasteiger partial charge in [-0.25, -0.2) is 9.59 Å². The molecule has 1 amide bonds. The van der Waals surface area contributed by atoms with Crippen molar-refractivity contribution in [2.75, 3.05) is 17.7 Å². The summed E-state index contributed by atoms with van der Waals surface area (Å²) in [5, 5.41) is 0. The van der Waals surface area contributed by atoms with Crippen molar-refractivity contribution >= 4 is 23.4 Å². The molecule has 0 aliphatic carbocycles. The van der Waals surface area contributed by atoms with Gasteiger partial charge in [-0.1, -0.05) is 30.3 Å². The van der Waals surface area contributed by atoms with Crippen LogP contribution >= 0.6 is 0 Å². The smallest absolute Gasteiger partial charge is 0.415 e. The molecule has 0 atom stereocenters. The molecule has 0 aromatic heterocycles. The molecule has 0 spiro atoms. The number of carbonyl (C=O) groups excluding carboxylic acids is 2. The molecule has 0 bridgehead atoms. The minimum atomic E-state index is -0.635. The minimum Gasteiger partial charge on any atom is -0.465 e. The van der Waals surface area contributed by atoms with Gasteiger partial charge in [0.1, 0.15) is 5.60 Å². The van der Waals surface area contributed by atoms with Gasteiger partial charge in [-0.3, -0.25) is 4.90 Å². The number of ether oxygens (including phenoxy) is 2. The first-order valence-electron chi connectivity index (χ1n) is 8.23. The third kappa shape index (κ3) is 4.99. The van der Waals surface area contributed by atoms with Crippen molar-refractivity contribution in [3.8, 4) is 0 Å². The van der Waals surface area contributed by atoms with Crippen LogP contribution in [0, 0.1) is 0 Å². The Kier molecular flexibility index (Phi) is 5.87. The summed E-state index contributed by atoms with van der Waals surface area (Å²) in [5.41, 5.74) is 7.30. The normalized spacial score (nSPS) is 10.9. The van der Waals surface area contributed by atoms with Gasteiger partial charge >= 0.3 is 12.1 Å². The molecule has 0 saturated heterocycles. The summed E-state index contributed by atoms with van der Waals surface area (Å²) in [6.07, 6.45) is -0.494. The van der Waals surface area contributed by atoms with Gasteiger partial charge in [0.25, 0.3) is 0 Å². The summed E-state index contributed by atoms with van der Waals surface area (Å²) in [5.74, 6) is -0.527. The first-order chi connectivity index (χ1) is 12.2. The molecule has 0 heterocycles. The fourth-order valence-electron chi connectivity index (χ4n) is 2.36. The first-order valence-corrected chi connectivity index (χ1v) is 8.23. The molecule has 0 aliphatic heterocycles. The molecule has 0 aliphatic rings. The Balaban J connectivity index is 2.38. The van der Waals surface area contributed by atoms with Crippen LogP contribution in [0.15, 0.2) is 48.5 Å². The van der Waals surface area contributed by atoms with Crippen LogP contribution in [0.1, 0.15) is 36.7 Å². The fraction of sp³-hybridized carbons (Fsp3) is 0.300. The Bertz CT molecular complexity index is 782. The zero-order valence-electron chi connectivity index (χ0n) is 15.5. The Morgan fingerprint density at radius 3 is 2.27 bits per heavy atom. The predicted molar refractivity (Wildman–Crippen MR) is 101 cm³/mol. The molecular weight excluding hydrogens is 332 g/mol. The lowest BCUT2D eigenvalue weighted by molar-refractivity contribution is 0.0575. The second-order valence-corrected chi connectivity index (χ2v) is 6.82. The van der Waals surface area contributed by atoms with Crippen molar-refractivity contribution < 1.29 is 19.1 Å². The molecule has 0 saturated carbocycles. The average molecular weight is 356 g/mol. The van der Waals surface area contributed by atoms with E-state index in [1.165, 1.54) is 12.0 Å². The maximum Gasteiger partial charge on any atom is 0.415 e. The Morgan fingerprint density at radius 2 is 1.73 bits per heavy atom. The fourth-order valence-corrected chi connectivity index (χ4v) is 2.36. The predicted octanol–water partition coefficient (Wildman–Crippen LogP) is 4.00. The van der Waals surface area contributed by atoms with Gasteiger partial charge in [-0.05, 0) is 44.5 Å². The number of carbonyl (C=O) groups is 2. The van der Waals surface area contributed by atoms with E-state index in [-0.39, 0.29) is 11.3 Å². The second kappa shape index (κ2) is 7.91. The van der Waals surface area contributed by atoms with Crippen molar-refractivity contribution in [2.45, 2.75) is 32.9 Å². The maximum absolute atomic E-state index is 12.7. The summed E-state index contributed by atoms with van der Waals surface area (Å²) in [7, 11) is 1.29. The topological polar surface area (TPSA) is 81.9 Å². The summed E-state index contributed by atoms with van der Waals surface area (Å²) < 4.78 is 10.2. The summed E-state index contributed by atoms with van der Waals surface area (Å²) >= 11 is 0. The van der Waals surface area contributed by atoms with Gasteiger partial charge in [0.15, 0.2) is 0 Å². The number of amides is 1. The van der Waals surface area contributed by atoms with Crippen molar-refractivity contribution in [1.82, 2.24) is 0 Å². The lowest BCUT2D eigenvalue weighted by Crippen LogP contribution is -2.36. The van der Waals surface area contributed by atoms with Crippen LogP contribution < -0.4 is 10.6 Å². The number of nitrogens with zero attached hydrogens (tertiary/aromatic N) is 1. The molecule has 2 aromatic carbocycles.